The Morgan fingerprint density at radius 1 is 1.47 bits per heavy atom. The standard InChI is InChI=1S/C14H22N2O3/c1-11-10-13(19-16-11)14(17)15-8-5-9-18-12-6-3-2-4-7-12/h10,12H,2-9H2,1H3,(H,15,17). The summed E-state index contributed by atoms with van der Waals surface area (Å²) in [5.41, 5.74) is 0.714. The number of carbonyl (C=O) groups is 1. The molecular formula is C14H22N2O3. The molecular weight excluding hydrogens is 244 g/mol. The summed E-state index contributed by atoms with van der Waals surface area (Å²) < 4.78 is 10.7. The van der Waals surface area contributed by atoms with E-state index in [2.05, 4.69) is 10.5 Å². The van der Waals surface area contributed by atoms with E-state index in [9.17, 15) is 4.79 Å². The molecule has 0 aromatic carbocycles. The summed E-state index contributed by atoms with van der Waals surface area (Å²) in [6, 6.07) is 1.63. The highest BCUT2D eigenvalue weighted by Gasteiger charge is 2.13. The molecule has 5 heteroatoms. The van der Waals surface area contributed by atoms with Crippen LogP contribution in [0.1, 0.15) is 54.8 Å². The fourth-order valence-electron chi connectivity index (χ4n) is 2.31. The maximum Gasteiger partial charge on any atom is 0.289 e. The van der Waals surface area contributed by atoms with Gasteiger partial charge in [0.15, 0.2) is 0 Å². The highest BCUT2D eigenvalue weighted by atomic mass is 16.5. The van der Waals surface area contributed by atoms with Crippen LogP contribution in [-0.4, -0.2) is 30.3 Å². The zero-order valence-electron chi connectivity index (χ0n) is 11.5. The lowest BCUT2D eigenvalue weighted by Crippen LogP contribution is -2.26. The molecule has 1 amide bonds. The topological polar surface area (TPSA) is 64.4 Å². The van der Waals surface area contributed by atoms with E-state index in [1.54, 1.807) is 13.0 Å². The first-order chi connectivity index (χ1) is 9.25. The van der Waals surface area contributed by atoms with Crippen molar-refractivity contribution in [2.45, 2.75) is 51.6 Å². The second-order valence-corrected chi connectivity index (χ2v) is 5.07. The van der Waals surface area contributed by atoms with Crippen LogP contribution in [0.15, 0.2) is 10.6 Å². The number of hydrogen-bond acceptors (Lipinski definition) is 4. The summed E-state index contributed by atoms with van der Waals surface area (Å²) >= 11 is 0. The van der Waals surface area contributed by atoms with E-state index < -0.39 is 0 Å². The monoisotopic (exact) mass is 266 g/mol. The Bertz CT molecular complexity index is 397. The molecule has 106 valence electrons. The molecule has 0 radical (unpaired) electrons. The molecule has 5 nitrogen and oxygen atoms in total. The molecule has 1 saturated carbocycles. The van der Waals surface area contributed by atoms with Crippen LogP contribution < -0.4 is 5.32 Å². The molecule has 0 spiro atoms. The van der Waals surface area contributed by atoms with Crippen LogP contribution in [0.2, 0.25) is 0 Å². The Kier molecular flexibility index (Phi) is 5.39. The highest BCUT2D eigenvalue weighted by Crippen LogP contribution is 2.20. The third kappa shape index (κ3) is 4.67. The minimum absolute atomic E-state index is 0.210. The fourth-order valence-corrected chi connectivity index (χ4v) is 2.31. The van der Waals surface area contributed by atoms with Crippen LogP contribution in [0.5, 0.6) is 0 Å². The molecule has 19 heavy (non-hydrogen) atoms. The first-order valence-corrected chi connectivity index (χ1v) is 7.09. The summed E-state index contributed by atoms with van der Waals surface area (Å²) in [5, 5.41) is 6.48. The molecule has 1 aliphatic rings. The third-order valence-electron chi connectivity index (χ3n) is 3.36. The maximum atomic E-state index is 11.6. The SMILES string of the molecule is Cc1cc(C(=O)NCCCOC2CCCCC2)on1. The van der Waals surface area contributed by atoms with E-state index >= 15 is 0 Å². The Morgan fingerprint density at radius 3 is 2.95 bits per heavy atom. The lowest BCUT2D eigenvalue weighted by molar-refractivity contribution is 0.0273. The third-order valence-corrected chi connectivity index (χ3v) is 3.36. The Morgan fingerprint density at radius 2 is 2.26 bits per heavy atom. The number of hydrogen-bond donors (Lipinski definition) is 1. The molecule has 1 aromatic heterocycles. The van der Waals surface area contributed by atoms with Crippen molar-refractivity contribution in [1.29, 1.82) is 0 Å². The van der Waals surface area contributed by atoms with Crippen molar-refractivity contribution >= 4 is 5.91 Å². The van der Waals surface area contributed by atoms with Gasteiger partial charge in [0.2, 0.25) is 5.76 Å². The lowest BCUT2D eigenvalue weighted by Gasteiger charge is -2.21. The van der Waals surface area contributed by atoms with Gasteiger partial charge in [-0.15, -0.1) is 0 Å². The molecule has 0 saturated heterocycles. The average molecular weight is 266 g/mol. The highest BCUT2D eigenvalue weighted by molar-refractivity contribution is 5.91. The summed E-state index contributed by atoms with van der Waals surface area (Å²) in [6.45, 7) is 3.10. The van der Waals surface area contributed by atoms with Gasteiger partial charge in [-0.05, 0) is 26.2 Å². The van der Waals surface area contributed by atoms with E-state index in [-0.39, 0.29) is 11.7 Å². The van der Waals surface area contributed by atoms with Crippen molar-refractivity contribution in [1.82, 2.24) is 10.5 Å². The van der Waals surface area contributed by atoms with Crippen molar-refractivity contribution in [3.05, 3.63) is 17.5 Å². The number of aromatic nitrogens is 1. The quantitative estimate of drug-likeness (QED) is 0.803. The van der Waals surface area contributed by atoms with E-state index in [1.807, 2.05) is 0 Å². The molecule has 0 bridgehead atoms. The predicted octanol–water partition coefficient (Wildman–Crippen LogP) is 2.45. The number of carbonyl (C=O) groups excluding carboxylic acids is 1. The van der Waals surface area contributed by atoms with Gasteiger partial charge < -0.3 is 14.6 Å². The molecule has 1 aromatic rings. The molecule has 0 aliphatic heterocycles. The van der Waals surface area contributed by atoms with Gasteiger partial charge in [0.25, 0.3) is 5.91 Å². The van der Waals surface area contributed by atoms with Crippen LogP contribution in [-0.2, 0) is 4.74 Å². The van der Waals surface area contributed by atoms with E-state index in [0.29, 0.717) is 24.9 Å². The van der Waals surface area contributed by atoms with Crippen LogP contribution in [0.25, 0.3) is 0 Å². The van der Waals surface area contributed by atoms with Gasteiger partial charge in [-0.1, -0.05) is 24.4 Å². The summed E-state index contributed by atoms with van der Waals surface area (Å²) in [5.74, 6) is 0.0592. The van der Waals surface area contributed by atoms with Gasteiger partial charge in [-0.3, -0.25) is 4.79 Å². The van der Waals surface area contributed by atoms with E-state index in [0.717, 1.165) is 6.42 Å². The largest absolute Gasteiger partial charge is 0.378 e. The average Bonchev–Trinajstić information content (AvgIpc) is 2.86. The van der Waals surface area contributed by atoms with Crippen molar-refractivity contribution in [2.75, 3.05) is 13.2 Å². The minimum atomic E-state index is -0.210. The molecule has 0 atom stereocenters. The fraction of sp³-hybridized carbons (Fsp3) is 0.714. The second kappa shape index (κ2) is 7.28. The molecule has 2 rings (SSSR count). The summed E-state index contributed by atoms with van der Waals surface area (Å²) in [6.07, 6.45) is 7.54. The smallest absolute Gasteiger partial charge is 0.289 e. The zero-order chi connectivity index (χ0) is 13.5. The van der Waals surface area contributed by atoms with Gasteiger partial charge in [-0.2, -0.15) is 0 Å². The number of nitrogens with one attached hydrogen (secondary N) is 1. The lowest BCUT2D eigenvalue weighted by atomic mass is 9.98. The first kappa shape index (κ1) is 14.1. The van der Waals surface area contributed by atoms with Crippen molar-refractivity contribution in [3.63, 3.8) is 0 Å². The zero-order valence-corrected chi connectivity index (χ0v) is 11.5. The summed E-state index contributed by atoms with van der Waals surface area (Å²) in [4.78, 5) is 11.6. The Balaban J connectivity index is 1.55. The Labute approximate surface area is 113 Å². The van der Waals surface area contributed by atoms with Gasteiger partial charge in [0.05, 0.1) is 11.8 Å². The van der Waals surface area contributed by atoms with E-state index in [1.165, 1.54) is 32.1 Å². The predicted molar refractivity (Wildman–Crippen MR) is 71.0 cm³/mol. The number of amides is 1. The number of nitrogens with zero attached hydrogens (tertiary/aromatic N) is 1. The van der Waals surface area contributed by atoms with Gasteiger partial charge in [-0.25, -0.2) is 0 Å². The molecule has 0 unspecified atom stereocenters. The number of aryl methyl sites for hydroxylation is 1. The second-order valence-electron chi connectivity index (χ2n) is 5.07. The number of ether oxygens (including phenoxy) is 1. The van der Waals surface area contributed by atoms with E-state index in [4.69, 9.17) is 9.26 Å². The molecule has 1 heterocycles. The van der Waals surface area contributed by atoms with Crippen molar-refractivity contribution in [3.8, 4) is 0 Å². The van der Waals surface area contributed by atoms with Crippen LogP contribution in [0, 0.1) is 6.92 Å². The molecule has 1 fully saturated rings. The Hall–Kier alpha value is -1.36. The van der Waals surface area contributed by atoms with Crippen molar-refractivity contribution < 1.29 is 14.1 Å². The van der Waals surface area contributed by atoms with Gasteiger partial charge >= 0.3 is 0 Å². The summed E-state index contributed by atoms with van der Waals surface area (Å²) in [7, 11) is 0. The van der Waals surface area contributed by atoms with Crippen LogP contribution in [0.3, 0.4) is 0 Å². The minimum Gasteiger partial charge on any atom is -0.378 e. The van der Waals surface area contributed by atoms with Crippen LogP contribution in [0.4, 0.5) is 0 Å². The van der Waals surface area contributed by atoms with Crippen LogP contribution >= 0.6 is 0 Å². The molecule has 1 N–H and O–H groups in total. The number of rotatable bonds is 6. The van der Waals surface area contributed by atoms with Gasteiger partial charge in [0.1, 0.15) is 0 Å². The molecule has 1 aliphatic carbocycles. The maximum absolute atomic E-state index is 11.6. The van der Waals surface area contributed by atoms with Crippen molar-refractivity contribution in [2.24, 2.45) is 0 Å². The first-order valence-electron chi connectivity index (χ1n) is 7.09. The normalized spacial score (nSPS) is 16.5. The van der Waals surface area contributed by atoms with Gasteiger partial charge in [0, 0.05) is 19.2 Å².